The van der Waals surface area contributed by atoms with E-state index >= 15 is 0 Å². The molecule has 0 fully saturated rings. The molecule has 5 nitrogen and oxygen atoms in total. The zero-order chi connectivity index (χ0) is 18.8. The van der Waals surface area contributed by atoms with Crippen molar-refractivity contribution in [2.45, 2.75) is 19.3 Å². The molecule has 0 aliphatic rings. The molecular weight excluding hydrogens is 332 g/mol. The van der Waals surface area contributed by atoms with E-state index in [1.54, 1.807) is 12.1 Å². The highest BCUT2D eigenvalue weighted by atomic mass is 16.5. The predicted octanol–water partition coefficient (Wildman–Crippen LogP) is 3.12. The number of ether oxygens (including phenoxy) is 3. The van der Waals surface area contributed by atoms with Crippen molar-refractivity contribution >= 4 is 0 Å². The Hall–Kier alpha value is -2.08. The van der Waals surface area contributed by atoms with Crippen LogP contribution in [-0.4, -0.2) is 49.9 Å². The van der Waals surface area contributed by atoms with Crippen LogP contribution in [0.5, 0.6) is 11.5 Å². The SMILES string of the molecule is CC(C)(c1ccc(O)cc1)c1ccc(OCCOCCOCCO)cc1. The van der Waals surface area contributed by atoms with Gasteiger partial charge in [-0.1, -0.05) is 38.1 Å². The second kappa shape index (κ2) is 10.2. The monoisotopic (exact) mass is 360 g/mol. The molecule has 0 saturated carbocycles. The van der Waals surface area contributed by atoms with Gasteiger partial charge >= 0.3 is 0 Å². The molecule has 2 aromatic rings. The Morgan fingerprint density at radius 3 is 1.81 bits per heavy atom. The van der Waals surface area contributed by atoms with Crippen molar-refractivity contribution < 1.29 is 24.4 Å². The van der Waals surface area contributed by atoms with Crippen molar-refractivity contribution in [3.05, 3.63) is 59.7 Å². The third kappa shape index (κ3) is 6.02. The molecule has 0 aliphatic heterocycles. The number of hydrogen-bond donors (Lipinski definition) is 2. The standard InChI is InChI=1S/C21H28O5/c1-21(2,17-3-7-19(23)8-4-17)18-5-9-20(10-6-18)26-16-15-25-14-13-24-12-11-22/h3-10,22-23H,11-16H2,1-2H3. The third-order valence-electron chi connectivity index (χ3n) is 4.27. The molecule has 0 aliphatic carbocycles. The molecule has 2 rings (SSSR count). The zero-order valence-corrected chi connectivity index (χ0v) is 15.5. The molecule has 0 unspecified atom stereocenters. The Morgan fingerprint density at radius 2 is 1.23 bits per heavy atom. The van der Waals surface area contributed by atoms with Crippen LogP contribution in [0.2, 0.25) is 0 Å². The van der Waals surface area contributed by atoms with Crippen molar-refractivity contribution in [2.24, 2.45) is 0 Å². The Balaban J connectivity index is 1.79. The number of hydrogen-bond acceptors (Lipinski definition) is 5. The average molecular weight is 360 g/mol. The number of phenols is 1. The first kappa shape index (κ1) is 20.2. The summed E-state index contributed by atoms with van der Waals surface area (Å²) in [7, 11) is 0. The van der Waals surface area contributed by atoms with Gasteiger partial charge in [0.1, 0.15) is 18.1 Å². The number of aliphatic hydroxyl groups is 1. The number of aliphatic hydroxyl groups excluding tert-OH is 1. The summed E-state index contributed by atoms with van der Waals surface area (Å²) >= 11 is 0. The molecule has 142 valence electrons. The summed E-state index contributed by atoms with van der Waals surface area (Å²) in [5, 5.41) is 18.0. The summed E-state index contributed by atoms with van der Waals surface area (Å²) in [5.74, 6) is 1.07. The van der Waals surface area contributed by atoms with Crippen LogP contribution in [0.25, 0.3) is 0 Å². The quantitative estimate of drug-likeness (QED) is 0.603. The van der Waals surface area contributed by atoms with E-state index < -0.39 is 0 Å². The molecule has 0 heterocycles. The number of benzene rings is 2. The Bertz CT molecular complexity index is 634. The lowest BCUT2D eigenvalue weighted by molar-refractivity contribution is 0.0247. The van der Waals surface area contributed by atoms with Crippen molar-refractivity contribution in [1.29, 1.82) is 0 Å². The van der Waals surface area contributed by atoms with E-state index in [9.17, 15) is 5.11 Å². The molecule has 0 atom stereocenters. The van der Waals surface area contributed by atoms with Crippen LogP contribution >= 0.6 is 0 Å². The number of rotatable bonds is 11. The van der Waals surface area contributed by atoms with Crippen molar-refractivity contribution in [3.63, 3.8) is 0 Å². The average Bonchev–Trinajstić information content (AvgIpc) is 2.65. The van der Waals surface area contributed by atoms with Gasteiger partial charge in [0.2, 0.25) is 0 Å². The number of aromatic hydroxyl groups is 1. The van der Waals surface area contributed by atoms with Crippen molar-refractivity contribution in [2.75, 3.05) is 39.6 Å². The molecule has 0 spiro atoms. The highest BCUT2D eigenvalue weighted by Crippen LogP contribution is 2.33. The summed E-state index contributed by atoms with van der Waals surface area (Å²) < 4.78 is 16.2. The minimum atomic E-state index is -0.163. The summed E-state index contributed by atoms with van der Waals surface area (Å²) in [5.41, 5.74) is 2.15. The summed E-state index contributed by atoms with van der Waals surface area (Å²) in [4.78, 5) is 0. The minimum absolute atomic E-state index is 0.0304. The molecule has 26 heavy (non-hydrogen) atoms. The van der Waals surface area contributed by atoms with E-state index in [2.05, 4.69) is 26.0 Å². The van der Waals surface area contributed by atoms with E-state index in [0.29, 0.717) is 33.0 Å². The fourth-order valence-electron chi connectivity index (χ4n) is 2.62. The van der Waals surface area contributed by atoms with E-state index in [-0.39, 0.29) is 17.8 Å². The van der Waals surface area contributed by atoms with Gasteiger partial charge in [0, 0.05) is 5.41 Å². The van der Waals surface area contributed by atoms with Crippen LogP contribution in [-0.2, 0) is 14.9 Å². The highest BCUT2D eigenvalue weighted by molar-refractivity contribution is 5.41. The molecule has 2 aromatic carbocycles. The largest absolute Gasteiger partial charge is 0.508 e. The molecule has 0 saturated heterocycles. The molecule has 5 heteroatoms. The second-order valence-corrected chi connectivity index (χ2v) is 6.49. The van der Waals surface area contributed by atoms with Crippen LogP contribution in [0.15, 0.2) is 48.5 Å². The van der Waals surface area contributed by atoms with Crippen LogP contribution < -0.4 is 4.74 Å². The topological polar surface area (TPSA) is 68.2 Å². The minimum Gasteiger partial charge on any atom is -0.508 e. The first-order valence-electron chi connectivity index (χ1n) is 8.83. The normalized spacial score (nSPS) is 11.5. The van der Waals surface area contributed by atoms with E-state index in [1.165, 1.54) is 5.56 Å². The molecule has 0 amide bonds. The summed E-state index contributed by atoms with van der Waals surface area (Å²) in [6.07, 6.45) is 0. The smallest absolute Gasteiger partial charge is 0.119 e. The van der Waals surface area contributed by atoms with Crippen molar-refractivity contribution in [1.82, 2.24) is 0 Å². The Labute approximate surface area is 155 Å². The van der Waals surface area contributed by atoms with Gasteiger partial charge in [-0.25, -0.2) is 0 Å². The first-order valence-corrected chi connectivity index (χ1v) is 8.83. The lowest BCUT2D eigenvalue weighted by Crippen LogP contribution is -2.18. The predicted molar refractivity (Wildman–Crippen MR) is 101 cm³/mol. The van der Waals surface area contributed by atoms with E-state index in [4.69, 9.17) is 19.3 Å². The Morgan fingerprint density at radius 1 is 0.731 bits per heavy atom. The molecule has 0 bridgehead atoms. The maximum atomic E-state index is 9.46. The van der Waals surface area contributed by atoms with Gasteiger partial charge in [0.25, 0.3) is 0 Å². The fourth-order valence-corrected chi connectivity index (χ4v) is 2.62. The summed E-state index contributed by atoms with van der Waals surface area (Å²) in [6.45, 7) is 6.61. The van der Waals surface area contributed by atoms with Gasteiger partial charge < -0.3 is 24.4 Å². The lowest BCUT2D eigenvalue weighted by atomic mass is 9.78. The molecule has 0 aromatic heterocycles. The van der Waals surface area contributed by atoms with Gasteiger partial charge in [-0.2, -0.15) is 0 Å². The molecule has 2 N–H and O–H groups in total. The number of phenolic OH excluding ortho intramolecular Hbond substituents is 1. The van der Waals surface area contributed by atoms with Gasteiger partial charge in [-0.3, -0.25) is 0 Å². The van der Waals surface area contributed by atoms with Crippen LogP contribution in [0.3, 0.4) is 0 Å². The fraction of sp³-hybridized carbons (Fsp3) is 0.429. The van der Waals surface area contributed by atoms with Crippen LogP contribution in [0, 0.1) is 0 Å². The van der Waals surface area contributed by atoms with Gasteiger partial charge in [-0.05, 0) is 35.4 Å². The van der Waals surface area contributed by atoms with Gasteiger partial charge in [0.05, 0.1) is 33.0 Å². The molecular formula is C21H28O5. The van der Waals surface area contributed by atoms with E-state index in [1.807, 2.05) is 24.3 Å². The first-order chi connectivity index (χ1) is 12.5. The molecule has 0 radical (unpaired) electrons. The Kier molecular flexibility index (Phi) is 7.91. The van der Waals surface area contributed by atoms with Gasteiger partial charge in [-0.15, -0.1) is 0 Å². The van der Waals surface area contributed by atoms with Crippen molar-refractivity contribution in [3.8, 4) is 11.5 Å². The maximum Gasteiger partial charge on any atom is 0.119 e. The maximum absolute atomic E-state index is 9.46. The lowest BCUT2D eigenvalue weighted by Gasteiger charge is -2.26. The van der Waals surface area contributed by atoms with Crippen LogP contribution in [0.4, 0.5) is 0 Å². The zero-order valence-electron chi connectivity index (χ0n) is 15.5. The highest BCUT2D eigenvalue weighted by Gasteiger charge is 2.22. The van der Waals surface area contributed by atoms with E-state index in [0.717, 1.165) is 11.3 Å². The van der Waals surface area contributed by atoms with Gasteiger partial charge in [0.15, 0.2) is 0 Å². The summed E-state index contributed by atoms with van der Waals surface area (Å²) in [6, 6.07) is 15.4. The second-order valence-electron chi connectivity index (χ2n) is 6.49. The van der Waals surface area contributed by atoms with Crippen LogP contribution in [0.1, 0.15) is 25.0 Å². The third-order valence-corrected chi connectivity index (χ3v) is 4.27.